The third-order valence-corrected chi connectivity index (χ3v) is 7.58. The van der Waals surface area contributed by atoms with Crippen LogP contribution in [0.3, 0.4) is 0 Å². The highest BCUT2D eigenvalue weighted by Crippen LogP contribution is 2.37. The first-order chi connectivity index (χ1) is 22.4. The van der Waals surface area contributed by atoms with Crippen LogP contribution in [0.25, 0.3) is 0 Å². The van der Waals surface area contributed by atoms with Gasteiger partial charge in [0.1, 0.15) is 18.1 Å². The number of hydrogen-bond acceptors (Lipinski definition) is 9. The van der Waals surface area contributed by atoms with Gasteiger partial charge in [0.25, 0.3) is 0 Å². The van der Waals surface area contributed by atoms with Crippen LogP contribution in [0.1, 0.15) is 67.6 Å². The molecule has 2 aromatic heterocycles. The largest absolute Gasteiger partial charge is 0.496 e. The van der Waals surface area contributed by atoms with Crippen molar-refractivity contribution in [2.75, 3.05) is 25.6 Å². The molecule has 0 bridgehead atoms. The molecular formula is C32H36F6N4O6. The lowest BCUT2D eigenvalue weighted by atomic mass is 9.82. The zero-order chi connectivity index (χ0) is 35.3. The van der Waals surface area contributed by atoms with E-state index in [1.807, 2.05) is 32.9 Å². The Hall–Kier alpha value is -4.50. The normalized spacial score (nSPS) is 14.0. The quantitative estimate of drug-likeness (QED) is 0.139. The van der Waals surface area contributed by atoms with Crippen LogP contribution in [0, 0.1) is 0 Å². The van der Waals surface area contributed by atoms with E-state index in [-0.39, 0.29) is 30.4 Å². The Morgan fingerprint density at radius 2 is 1.77 bits per heavy atom. The summed E-state index contributed by atoms with van der Waals surface area (Å²) in [6, 6.07) is 10.2. The molecule has 0 radical (unpaired) electrons. The first-order valence-electron chi connectivity index (χ1n) is 15.1. The van der Waals surface area contributed by atoms with Crippen LogP contribution >= 0.6 is 0 Å². The second-order valence-electron chi connectivity index (χ2n) is 12.3. The topological polar surface area (TPSA) is 114 Å². The molecule has 1 aromatic carbocycles. The van der Waals surface area contributed by atoms with Gasteiger partial charge in [0.2, 0.25) is 5.88 Å². The number of halogens is 6. The molecule has 1 atom stereocenters. The molecule has 0 spiro atoms. The summed E-state index contributed by atoms with van der Waals surface area (Å²) >= 11 is 0. The van der Waals surface area contributed by atoms with Gasteiger partial charge >= 0.3 is 24.3 Å². The van der Waals surface area contributed by atoms with Gasteiger partial charge in [0.05, 0.1) is 20.1 Å². The lowest BCUT2D eigenvalue weighted by Gasteiger charge is -2.24. The predicted molar refractivity (Wildman–Crippen MR) is 160 cm³/mol. The number of nitrogens with zero attached hydrogens (tertiary/aromatic N) is 3. The number of aromatic nitrogens is 3. The summed E-state index contributed by atoms with van der Waals surface area (Å²) in [6.45, 7) is 5.12. The molecule has 0 saturated heterocycles. The molecule has 48 heavy (non-hydrogen) atoms. The van der Waals surface area contributed by atoms with E-state index >= 15 is 0 Å². The maximum absolute atomic E-state index is 13.6. The molecular weight excluding hydrogens is 650 g/mol. The molecule has 3 aromatic rings. The average molecular weight is 687 g/mol. The Kier molecular flexibility index (Phi) is 11.1. The van der Waals surface area contributed by atoms with Crippen LogP contribution in [0.5, 0.6) is 11.6 Å². The minimum absolute atomic E-state index is 0.00623. The highest BCUT2D eigenvalue weighted by Gasteiger charge is 2.43. The lowest BCUT2D eigenvalue weighted by Crippen LogP contribution is -2.27. The van der Waals surface area contributed by atoms with Crippen molar-refractivity contribution in [3.63, 3.8) is 0 Å². The van der Waals surface area contributed by atoms with Crippen molar-refractivity contribution in [2.24, 2.45) is 0 Å². The summed E-state index contributed by atoms with van der Waals surface area (Å²) in [5, 5.41) is 7.25. The standard InChI is InChI=1S/C32H36F6N4O6/c1-30(2,3)21-8-10-25(45-4)24(16-21)20(15-27(43)47-48-29(44)32(36,37)38)14-23-17-26(41-42(23)18-31(33,34)35)46-13-11-22-9-7-19-6-5-12-39-28(19)40-22/h7-10,16-17,20H,5-6,11-15,18H2,1-4H3,(H,39,40). The minimum atomic E-state index is -5.42. The fourth-order valence-corrected chi connectivity index (χ4v) is 5.17. The maximum atomic E-state index is 13.6. The number of methoxy groups -OCH3 is 1. The van der Waals surface area contributed by atoms with Crippen molar-refractivity contribution in [2.45, 2.75) is 83.1 Å². The highest BCUT2D eigenvalue weighted by molar-refractivity contribution is 5.77. The maximum Gasteiger partial charge on any atom is 0.495 e. The number of alkyl halides is 6. The first-order valence-corrected chi connectivity index (χ1v) is 15.1. The van der Waals surface area contributed by atoms with Gasteiger partial charge in [-0.05, 0) is 53.5 Å². The second-order valence-corrected chi connectivity index (χ2v) is 12.3. The van der Waals surface area contributed by atoms with Gasteiger partial charge in [0, 0.05) is 36.3 Å². The zero-order valence-corrected chi connectivity index (χ0v) is 26.8. The molecule has 10 nitrogen and oxygen atoms in total. The van der Waals surface area contributed by atoms with Gasteiger partial charge in [-0.15, -0.1) is 5.10 Å². The van der Waals surface area contributed by atoms with Gasteiger partial charge in [-0.1, -0.05) is 39.0 Å². The van der Waals surface area contributed by atoms with E-state index < -0.39 is 48.6 Å². The van der Waals surface area contributed by atoms with Gasteiger partial charge < -0.3 is 14.8 Å². The van der Waals surface area contributed by atoms with E-state index in [0.717, 1.165) is 36.3 Å². The number of hydrogen-bond donors (Lipinski definition) is 1. The van der Waals surface area contributed by atoms with Gasteiger partial charge in [-0.2, -0.15) is 26.3 Å². The van der Waals surface area contributed by atoms with Crippen molar-refractivity contribution < 1.29 is 55.2 Å². The predicted octanol–water partition coefficient (Wildman–Crippen LogP) is 6.41. The summed E-state index contributed by atoms with van der Waals surface area (Å²) in [4.78, 5) is 36.2. The summed E-state index contributed by atoms with van der Waals surface area (Å²) in [6.07, 6.45) is -8.81. The Morgan fingerprint density at radius 3 is 2.44 bits per heavy atom. The number of carbonyl (C=O) groups excluding carboxylic acids is 2. The van der Waals surface area contributed by atoms with Gasteiger partial charge in [-0.25, -0.2) is 24.3 Å². The Labute approximate surface area is 272 Å². The molecule has 0 amide bonds. The number of fused-ring (bicyclic) bond motifs is 1. The first kappa shape index (κ1) is 36.3. The van der Waals surface area contributed by atoms with E-state index in [2.05, 4.69) is 25.2 Å². The molecule has 16 heteroatoms. The van der Waals surface area contributed by atoms with Crippen molar-refractivity contribution in [1.29, 1.82) is 0 Å². The molecule has 0 aliphatic carbocycles. The fraction of sp³-hybridized carbons (Fsp3) is 0.500. The SMILES string of the molecule is COc1ccc(C(C)(C)C)cc1C(CC(=O)OOC(=O)C(F)(F)F)Cc1cc(OCCc2ccc3c(n2)NCCC3)nn1CC(F)(F)F. The van der Waals surface area contributed by atoms with Crippen LogP contribution in [0.4, 0.5) is 32.2 Å². The van der Waals surface area contributed by atoms with Crippen molar-refractivity contribution in [3.05, 3.63) is 64.5 Å². The fourth-order valence-electron chi connectivity index (χ4n) is 5.17. The van der Waals surface area contributed by atoms with E-state index in [9.17, 15) is 35.9 Å². The minimum Gasteiger partial charge on any atom is -0.496 e. The van der Waals surface area contributed by atoms with Crippen LogP contribution < -0.4 is 14.8 Å². The average Bonchev–Trinajstić information content (AvgIpc) is 3.37. The third kappa shape index (κ3) is 10.0. The summed E-state index contributed by atoms with van der Waals surface area (Å²) in [5.41, 5.74) is 2.55. The molecule has 1 N–H and O–H groups in total. The summed E-state index contributed by atoms with van der Waals surface area (Å²) in [5.74, 6) is -4.19. The molecule has 0 fully saturated rings. The van der Waals surface area contributed by atoms with Gasteiger partial charge in [-0.3, -0.25) is 4.68 Å². The molecule has 0 saturated carbocycles. The number of aryl methyl sites for hydroxylation is 1. The Balaban J connectivity index is 1.61. The number of carbonyl (C=O) groups is 2. The smallest absolute Gasteiger partial charge is 0.495 e. The lowest BCUT2D eigenvalue weighted by molar-refractivity contribution is -0.286. The van der Waals surface area contributed by atoms with Crippen LogP contribution in [-0.4, -0.2) is 59.3 Å². The molecule has 262 valence electrons. The summed E-state index contributed by atoms with van der Waals surface area (Å²) < 4.78 is 90.6. The Bertz CT molecular complexity index is 1600. The van der Waals surface area contributed by atoms with Crippen molar-refractivity contribution in [1.82, 2.24) is 14.8 Å². The second kappa shape index (κ2) is 14.7. The van der Waals surface area contributed by atoms with Crippen molar-refractivity contribution >= 4 is 17.8 Å². The van der Waals surface area contributed by atoms with Gasteiger partial charge in [0.15, 0.2) is 0 Å². The number of nitrogens with one attached hydrogen (secondary N) is 1. The number of benzene rings is 1. The number of anilines is 1. The van der Waals surface area contributed by atoms with E-state index in [0.29, 0.717) is 22.4 Å². The van der Waals surface area contributed by atoms with Crippen molar-refractivity contribution in [3.8, 4) is 11.6 Å². The van der Waals surface area contributed by atoms with Crippen LogP contribution in [0.15, 0.2) is 36.4 Å². The van der Waals surface area contributed by atoms with E-state index in [4.69, 9.17) is 9.47 Å². The highest BCUT2D eigenvalue weighted by atomic mass is 19.4. The monoisotopic (exact) mass is 686 g/mol. The molecule has 3 heterocycles. The van der Waals surface area contributed by atoms with E-state index in [1.54, 1.807) is 18.2 Å². The summed E-state index contributed by atoms with van der Waals surface area (Å²) in [7, 11) is 1.35. The zero-order valence-electron chi connectivity index (χ0n) is 26.8. The van der Waals surface area contributed by atoms with Crippen LogP contribution in [0.2, 0.25) is 0 Å². The number of ether oxygens (including phenoxy) is 2. The molecule has 1 aliphatic heterocycles. The van der Waals surface area contributed by atoms with E-state index in [1.165, 1.54) is 13.2 Å². The molecule has 1 aliphatic rings. The Morgan fingerprint density at radius 1 is 1.02 bits per heavy atom. The molecule has 4 rings (SSSR count). The molecule has 1 unspecified atom stereocenters. The van der Waals surface area contributed by atoms with Crippen LogP contribution in [-0.2, 0) is 50.6 Å². The number of rotatable bonds is 11. The third-order valence-electron chi connectivity index (χ3n) is 7.58. The number of pyridine rings is 1.